The predicted octanol–water partition coefficient (Wildman–Crippen LogP) is -0.320. The van der Waals surface area contributed by atoms with Crippen LogP contribution < -0.4 is 10.9 Å². The van der Waals surface area contributed by atoms with Crippen molar-refractivity contribution in [1.82, 2.24) is 20.0 Å². The maximum absolute atomic E-state index is 12.0. The molecule has 2 amide bonds. The minimum atomic E-state index is -0.313. The van der Waals surface area contributed by atoms with Crippen molar-refractivity contribution in [2.75, 3.05) is 20.6 Å². The fourth-order valence-corrected chi connectivity index (χ4v) is 2.05. The van der Waals surface area contributed by atoms with Crippen molar-refractivity contribution in [3.05, 3.63) is 40.3 Å². The van der Waals surface area contributed by atoms with Crippen LogP contribution in [0.25, 0.3) is 10.8 Å². The molecule has 2 rings (SSSR count). The van der Waals surface area contributed by atoms with E-state index >= 15 is 0 Å². The number of fused-ring (bicyclic) bond motifs is 1. The number of aromatic nitrogens is 2. The Morgan fingerprint density at radius 3 is 2.50 bits per heavy atom. The molecule has 0 bridgehead atoms. The van der Waals surface area contributed by atoms with Gasteiger partial charge in [0.2, 0.25) is 11.8 Å². The van der Waals surface area contributed by atoms with Gasteiger partial charge in [0.05, 0.1) is 24.0 Å². The molecule has 0 aliphatic carbocycles. The zero-order valence-electron chi connectivity index (χ0n) is 12.8. The Kier molecular flexibility index (Phi) is 4.55. The number of carbonyl (C=O) groups excluding carboxylic acids is 2. The largest absolute Gasteiger partial charge is 0.347 e. The summed E-state index contributed by atoms with van der Waals surface area (Å²) in [6, 6.07) is 7.03. The maximum atomic E-state index is 12.0. The van der Waals surface area contributed by atoms with Crippen LogP contribution in [0.1, 0.15) is 5.69 Å². The number of aryl methyl sites for hydroxylation is 1. The Bertz CT molecular complexity index is 780. The number of nitrogens with one attached hydrogen (secondary N) is 1. The lowest BCUT2D eigenvalue weighted by molar-refractivity contribution is -0.130. The van der Waals surface area contributed by atoms with Crippen LogP contribution in [0.15, 0.2) is 29.1 Å². The molecule has 0 radical (unpaired) electrons. The third kappa shape index (κ3) is 3.30. The number of nitrogens with zero attached hydrogens (tertiary/aromatic N) is 3. The summed E-state index contributed by atoms with van der Waals surface area (Å²) in [6.45, 7) is -0.0600. The molecule has 7 heteroatoms. The number of amides is 2. The van der Waals surface area contributed by atoms with Gasteiger partial charge in [-0.15, -0.1) is 0 Å². The third-order valence-corrected chi connectivity index (χ3v) is 3.30. The molecular weight excluding hydrogens is 284 g/mol. The average molecular weight is 302 g/mol. The molecule has 0 unspecified atom stereocenters. The lowest BCUT2D eigenvalue weighted by Gasteiger charge is -2.11. The lowest BCUT2D eigenvalue weighted by atomic mass is 10.1. The number of benzene rings is 1. The third-order valence-electron chi connectivity index (χ3n) is 3.30. The molecule has 0 atom stereocenters. The van der Waals surface area contributed by atoms with Crippen molar-refractivity contribution < 1.29 is 9.59 Å². The first kappa shape index (κ1) is 15.7. The molecule has 1 N–H and O–H groups in total. The van der Waals surface area contributed by atoms with Crippen LogP contribution in [0.3, 0.4) is 0 Å². The van der Waals surface area contributed by atoms with Gasteiger partial charge in [0.15, 0.2) is 0 Å². The molecule has 0 aliphatic heterocycles. The quantitative estimate of drug-likeness (QED) is 0.839. The molecular formula is C15H18N4O3. The Morgan fingerprint density at radius 2 is 1.86 bits per heavy atom. The van der Waals surface area contributed by atoms with Crippen LogP contribution in [0.2, 0.25) is 0 Å². The molecule has 7 nitrogen and oxygen atoms in total. The van der Waals surface area contributed by atoms with Gasteiger partial charge in [0.1, 0.15) is 0 Å². The Balaban J connectivity index is 2.22. The fraction of sp³-hybridized carbons (Fsp3) is 0.333. The van der Waals surface area contributed by atoms with Crippen LogP contribution >= 0.6 is 0 Å². The van der Waals surface area contributed by atoms with Crippen molar-refractivity contribution >= 4 is 22.6 Å². The second kappa shape index (κ2) is 6.38. The summed E-state index contributed by atoms with van der Waals surface area (Å²) in [4.78, 5) is 36.8. The Hall–Kier alpha value is -2.70. The molecule has 0 aliphatic rings. The van der Waals surface area contributed by atoms with Gasteiger partial charge in [-0.1, -0.05) is 18.2 Å². The highest BCUT2D eigenvalue weighted by Gasteiger charge is 2.13. The number of likely N-dealkylation sites (N-methyl/N-ethyl adjacent to an activating group) is 1. The van der Waals surface area contributed by atoms with E-state index in [0.717, 1.165) is 0 Å². The normalized spacial score (nSPS) is 10.5. The zero-order chi connectivity index (χ0) is 16.3. The first-order chi connectivity index (χ1) is 10.4. The van der Waals surface area contributed by atoms with E-state index in [1.54, 1.807) is 45.4 Å². The standard InChI is InChI=1S/C15H18N4O3/c1-18(2)14(21)9-16-13(20)8-12-10-6-4-5-7-11(10)15(22)19(3)17-12/h4-7H,8-9H2,1-3H3,(H,16,20). The molecule has 0 spiro atoms. The van der Waals surface area contributed by atoms with E-state index in [4.69, 9.17) is 0 Å². The van der Waals surface area contributed by atoms with Crippen LogP contribution in [0.5, 0.6) is 0 Å². The summed E-state index contributed by atoms with van der Waals surface area (Å²) in [5.41, 5.74) is 0.301. The highest BCUT2D eigenvalue weighted by Crippen LogP contribution is 2.13. The molecule has 22 heavy (non-hydrogen) atoms. The highest BCUT2D eigenvalue weighted by atomic mass is 16.2. The van der Waals surface area contributed by atoms with Crippen molar-refractivity contribution in [2.45, 2.75) is 6.42 Å². The van der Waals surface area contributed by atoms with E-state index in [1.165, 1.54) is 9.58 Å². The monoisotopic (exact) mass is 302 g/mol. The topological polar surface area (TPSA) is 84.3 Å². The molecule has 1 aromatic heterocycles. The van der Waals surface area contributed by atoms with Crippen molar-refractivity contribution in [1.29, 1.82) is 0 Å². The molecule has 0 saturated carbocycles. The first-order valence-electron chi connectivity index (χ1n) is 6.82. The highest BCUT2D eigenvalue weighted by molar-refractivity contribution is 5.90. The Morgan fingerprint density at radius 1 is 1.23 bits per heavy atom. The van der Waals surface area contributed by atoms with Gasteiger partial charge in [0, 0.05) is 26.5 Å². The SMILES string of the molecule is CN(C)C(=O)CNC(=O)Cc1nn(C)c(=O)c2ccccc12. The minimum Gasteiger partial charge on any atom is -0.347 e. The molecule has 1 heterocycles. The number of hydrogen-bond donors (Lipinski definition) is 1. The van der Waals surface area contributed by atoms with E-state index in [-0.39, 0.29) is 30.3 Å². The summed E-state index contributed by atoms with van der Waals surface area (Å²) < 4.78 is 1.22. The van der Waals surface area contributed by atoms with E-state index in [9.17, 15) is 14.4 Å². The van der Waals surface area contributed by atoms with Crippen LogP contribution in [-0.2, 0) is 23.1 Å². The van der Waals surface area contributed by atoms with Gasteiger partial charge in [0.25, 0.3) is 5.56 Å². The van der Waals surface area contributed by atoms with E-state index in [2.05, 4.69) is 10.4 Å². The van der Waals surface area contributed by atoms with E-state index < -0.39 is 0 Å². The van der Waals surface area contributed by atoms with Crippen molar-refractivity contribution in [2.24, 2.45) is 7.05 Å². The van der Waals surface area contributed by atoms with Gasteiger partial charge >= 0.3 is 0 Å². The predicted molar refractivity (Wildman–Crippen MR) is 82.4 cm³/mol. The van der Waals surface area contributed by atoms with E-state index in [1.807, 2.05) is 0 Å². The van der Waals surface area contributed by atoms with Crippen LogP contribution in [-0.4, -0.2) is 47.1 Å². The van der Waals surface area contributed by atoms with Gasteiger partial charge in [-0.05, 0) is 6.07 Å². The second-order valence-electron chi connectivity index (χ2n) is 5.16. The Labute approximate surface area is 127 Å². The smallest absolute Gasteiger partial charge is 0.274 e. The van der Waals surface area contributed by atoms with Gasteiger partial charge < -0.3 is 10.2 Å². The van der Waals surface area contributed by atoms with Gasteiger partial charge in [-0.25, -0.2) is 4.68 Å². The summed E-state index contributed by atoms with van der Waals surface area (Å²) in [6.07, 6.45) is 0.00927. The van der Waals surface area contributed by atoms with E-state index in [0.29, 0.717) is 16.5 Å². The van der Waals surface area contributed by atoms with Gasteiger partial charge in [-0.2, -0.15) is 5.10 Å². The van der Waals surface area contributed by atoms with Crippen LogP contribution in [0, 0.1) is 0 Å². The lowest BCUT2D eigenvalue weighted by Crippen LogP contribution is -2.37. The van der Waals surface area contributed by atoms with Crippen molar-refractivity contribution in [3.8, 4) is 0 Å². The molecule has 116 valence electrons. The summed E-state index contributed by atoms with van der Waals surface area (Å²) in [5, 5.41) is 7.88. The number of hydrogen-bond acceptors (Lipinski definition) is 4. The average Bonchev–Trinajstić information content (AvgIpc) is 2.50. The molecule has 2 aromatic rings. The fourth-order valence-electron chi connectivity index (χ4n) is 2.05. The minimum absolute atomic E-state index is 0.00927. The molecule has 1 aromatic carbocycles. The molecule has 0 fully saturated rings. The first-order valence-corrected chi connectivity index (χ1v) is 6.82. The summed E-state index contributed by atoms with van der Waals surface area (Å²) >= 11 is 0. The zero-order valence-corrected chi connectivity index (χ0v) is 12.8. The van der Waals surface area contributed by atoms with Crippen molar-refractivity contribution in [3.63, 3.8) is 0 Å². The number of carbonyl (C=O) groups is 2. The van der Waals surface area contributed by atoms with Crippen LogP contribution in [0.4, 0.5) is 0 Å². The molecule has 0 saturated heterocycles. The number of rotatable bonds is 4. The summed E-state index contributed by atoms with van der Waals surface area (Å²) in [7, 11) is 4.79. The van der Waals surface area contributed by atoms with Gasteiger partial charge in [-0.3, -0.25) is 14.4 Å². The maximum Gasteiger partial charge on any atom is 0.274 e. The summed E-state index contributed by atoms with van der Waals surface area (Å²) in [5.74, 6) is -0.502. The second-order valence-corrected chi connectivity index (χ2v) is 5.16.